The second kappa shape index (κ2) is 8.13. The molecule has 2 aliphatic carbocycles. The van der Waals surface area contributed by atoms with Gasteiger partial charge in [0.25, 0.3) is 0 Å². The first-order valence-corrected chi connectivity index (χ1v) is 12.7. The SMILES string of the molecule is Cc1cc2c(cc1C1(c3ccc(C4C(=O)CCC4=O)cc3)OCCCO1)C(C)(C)CCC2(C)C. The number of rotatable bonds is 3. The van der Waals surface area contributed by atoms with E-state index in [0.717, 1.165) is 35.1 Å². The van der Waals surface area contributed by atoms with E-state index < -0.39 is 11.7 Å². The fraction of sp³-hybridized carbons (Fsp3) is 0.533. The fourth-order valence-corrected chi connectivity index (χ4v) is 6.07. The van der Waals surface area contributed by atoms with Gasteiger partial charge < -0.3 is 9.47 Å². The Hall–Kier alpha value is -2.30. The van der Waals surface area contributed by atoms with Gasteiger partial charge in [-0.15, -0.1) is 0 Å². The molecule has 2 aromatic rings. The topological polar surface area (TPSA) is 52.6 Å². The molecule has 34 heavy (non-hydrogen) atoms. The average molecular weight is 461 g/mol. The molecule has 180 valence electrons. The molecule has 2 aromatic carbocycles. The summed E-state index contributed by atoms with van der Waals surface area (Å²) >= 11 is 0. The summed E-state index contributed by atoms with van der Waals surface area (Å²) < 4.78 is 13.0. The fourth-order valence-electron chi connectivity index (χ4n) is 6.07. The predicted octanol–water partition coefficient (Wildman–Crippen LogP) is 6.00. The highest BCUT2D eigenvalue weighted by Crippen LogP contribution is 2.49. The van der Waals surface area contributed by atoms with Crippen LogP contribution in [0.1, 0.15) is 99.1 Å². The molecule has 0 atom stereocenters. The minimum Gasteiger partial charge on any atom is -0.342 e. The Morgan fingerprint density at radius 3 is 1.85 bits per heavy atom. The van der Waals surface area contributed by atoms with Crippen molar-refractivity contribution in [2.75, 3.05) is 13.2 Å². The Balaban J connectivity index is 1.63. The summed E-state index contributed by atoms with van der Waals surface area (Å²) in [5.41, 5.74) is 6.91. The molecule has 0 spiro atoms. The maximum atomic E-state index is 12.3. The van der Waals surface area contributed by atoms with Crippen molar-refractivity contribution in [3.8, 4) is 0 Å². The van der Waals surface area contributed by atoms with Crippen LogP contribution in [0.3, 0.4) is 0 Å². The van der Waals surface area contributed by atoms with Gasteiger partial charge >= 0.3 is 0 Å². The van der Waals surface area contributed by atoms with E-state index in [2.05, 4.69) is 46.8 Å². The number of benzene rings is 2. The number of fused-ring (bicyclic) bond motifs is 1. The van der Waals surface area contributed by atoms with Gasteiger partial charge in [-0.25, -0.2) is 0 Å². The molecule has 3 aliphatic rings. The van der Waals surface area contributed by atoms with Crippen LogP contribution >= 0.6 is 0 Å². The number of carbonyl (C=O) groups excluding carboxylic acids is 2. The molecule has 2 fully saturated rings. The minimum absolute atomic E-state index is 0.0213. The zero-order valence-electron chi connectivity index (χ0n) is 21.1. The molecule has 0 aromatic heterocycles. The highest BCUT2D eigenvalue weighted by molar-refractivity contribution is 6.13. The van der Waals surface area contributed by atoms with Crippen LogP contribution in [-0.4, -0.2) is 24.8 Å². The largest absolute Gasteiger partial charge is 0.342 e. The third kappa shape index (κ3) is 3.67. The van der Waals surface area contributed by atoms with Gasteiger partial charge in [0, 0.05) is 24.0 Å². The average Bonchev–Trinajstić information content (AvgIpc) is 3.15. The van der Waals surface area contributed by atoms with Gasteiger partial charge in [0.05, 0.1) is 13.2 Å². The third-order valence-corrected chi connectivity index (χ3v) is 8.34. The highest BCUT2D eigenvalue weighted by atomic mass is 16.7. The normalized spacial score (nSPS) is 23.7. The molecule has 0 radical (unpaired) electrons. The number of carbonyl (C=O) groups is 2. The third-order valence-electron chi connectivity index (χ3n) is 8.34. The van der Waals surface area contributed by atoms with Gasteiger partial charge in [0.2, 0.25) is 5.79 Å². The number of aryl methyl sites for hydroxylation is 1. The number of hydrogen-bond donors (Lipinski definition) is 0. The lowest BCUT2D eigenvalue weighted by molar-refractivity contribution is -0.249. The van der Waals surface area contributed by atoms with Crippen molar-refractivity contribution < 1.29 is 19.1 Å². The summed E-state index contributed by atoms with van der Waals surface area (Å²) in [5.74, 6) is -1.57. The molecular formula is C30H36O4. The smallest absolute Gasteiger partial charge is 0.222 e. The van der Waals surface area contributed by atoms with E-state index >= 15 is 0 Å². The first kappa shape index (κ1) is 23.4. The van der Waals surface area contributed by atoms with Crippen LogP contribution in [0.4, 0.5) is 0 Å². The van der Waals surface area contributed by atoms with Gasteiger partial charge in [-0.05, 0) is 65.3 Å². The Morgan fingerprint density at radius 2 is 1.29 bits per heavy atom. The van der Waals surface area contributed by atoms with Crippen molar-refractivity contribution in [3.05, 3.63) is 69.8 Å². The number of ether oxygens (including phenoxy) is 2. The Labute approximate surface area is 203 Å². The van der Waals surface area contributed by atoms with Crippen LogP contribution in [0.15, 0.2) is 36.4 Å². The van der Waals surface area contributed by atoms with Crippen LogP contribution in [0.5, 0.6) is 0 Å². The van der Waals surface area contributed by atoms with Gasteiger partial charge in [-0.2, -0.15) is 0 Å². The Kier molecular flexibility index (Phi) is 5.61. The number of hydrogen-bond acceptors (Lipinski definition) is 4. The number of Topliss-reactive ketones (excluding diaryl/α,β-unsaturated/α-hetero) is 2. The molecule has 4 nitrogen and oxygen atoms in total. The maximum Gasteiger partial charge on any atom is 0.222 e. The molecule has 0 unspecified atom stereocenters. The van der Waals surface area contributed by atoms with Crippen LogP contribution in [0.25, 0.3) is 0 Å². The summed E-state index contributed by atoms with van der Waals surface area (Å²) in [6, 6.07) is 12.4. The lowest BCUT2D eigenvalue weighted by Gasteiger charge is -2.44. The zero-order chi connectivity index (χ0) is 24.3. The predicted molar refractivity (Wildman–Crippen MR) is 132 cm³/mol. The van der Waals surface area contributed by atoms with Crippen molar-refractivity contribution in [3.63, 3.8) is 0 Å². The van der Waals surface area contributed by atoms with Crippen LogP contribution in [0.2, 0.25) is 0 Å². The van der Waals surface area contributed by atoms with E-state index in [-0.39, 0.29) is 22.4 Å². The van der Waals surface area contributed by atoms with Crippen molar-refractivity contribution >= 4 is 11.6 Å². The molecule has 0 bridgehead atoms. The molecule has 1 heterocycles. The van der Waals surface area contributed by atoms with E-state index in [1.165, 1.54) is 17.5 Å². The Morgan fingerprint density at radius 1 is 0.765 bits per heavy atom. The quantitative estimate of drug-likeness (QED) is 0.527. The molecular weight excluding hydrogens is 424 g/mol. The number of ketones is 2. The molecule has 1 saturated carbocycles. The van der Waals surface area contributed by atoms with E-state index in [0.29, 0.717) is 26.1 Å². The minimum atomic E-state index is -0.989. The summed E-state index contributed by atoms with van der Waals surface area (Å²) in [5, 5.41) is 0. The van der Waals surface area contributed by atoms with Crippen LogP contribution in [-0.2, 0) is 35.7 Å². The molecule has 1 saturated heterocycles. The summed E-state index contributed by atoms with van der Waals surface area (Å²) in [6.45, 7) is 12.7. The van der Waals surface area contributed by atoms with Crippen molar-refractivity contribution in [2.45, 2.75) is 89.3 Å². The van der Waals surface area contributed by atoms with E-state index in [1.807, 2.05) is 24.3 Å². The van der Waals surface area contributed by atoms with Crippen molar-refractivity contribution in [1.29, 1.82) is 0 Å². The van der Waals surface area contributed by atoms with Crippen LogP contribution in [0, 0.1) is 6.92 Å². The van der Waals surface area contributed by atoms with Crippen molar-refractivity contribution in [1.82, 2.24) is 0 Å². The highest BCUT2D eigenvalue weighted by Gasteiger charge is 2.44. The van der Waals surface area contributed by atoms with Gasteiger partial charge in [-0.1, -0.05) is 58.0 Å². The summed E-state index contributed by atoms with van der Waals surface area (Å²) in [6.07, 6.45) is 3.86. The molecule has 4 heteroatoms. The van der Waals surface area contributed by atoms with E-state index in [4.69, 9.17) is 9.47 Å². The van der Waals surface area contributed by atoms with E-state index in [9.17, 15) is 9.59 Å². The van der Waals surface area contributed by atoms with E-state index in [1.54, 1.807) is 0 Å². The van der Waals surface area contributed by atoms with Gasteiger partial charge in [0.15, 0.2) is 0 Å². The second-order valence-electron chi connectivity index (χ2n) is 11.6. The molecule has 1 aliphatic heterocycles. The first-order valence-electron chi connectivity index (χ1n) is 12.7. The molecule has 5 rings (SSSR count). The second-order valence-corrected chi connectivity index (χ2v) is 11.6. The van der Waals surface area contributed by atoms with Crippen molar-refractivity contribution in [2.24, 2.45) is 0 Å². The zero-order valence-corrected chi connectivity index (χ0v) is 21.1. The van der Waals surface area contributed by atoms with Crippen LogP contribution < -0.4 is 0 Å². The van der Waals surface area contributed by atoms with Gasteiger partial charge in [-0.3, -0.25) is 9.59 Å². The summed E-state index contributed by atoms with van der Waals surface area (Å²) in [7, 11) is 0. The monoisotopic (exact) mass is 460 g/mol. The molecule has 0 amide bonds. The lowest BCUT2D eigenvalue weighted by Crippen LogP contribution is -2.41. The molecule has 0 N–H and O–H groups in total. The maximum absolute atomic E-state index is 12.3. The lowest BCUT2D eigenvalue weighted by atomic mass is 9.62. The van der Waals surface area contributed by atoms with Gasteiger partial charge in [0.1, 0.15) is 17.5 Å². The first-order chi connectivity index (χ1) is 16.1. The standard InChI is InChI=1S/C30H36O4/c1-19-17-23-24(29(4,5)14-13-28(23,2)3)18-22(19)30(33-15-6-16-34-30)21-9-7-20(8-10-21)27-25(31)11-12-26(27)32/h7-10,17-18,27H,6,11-16H2,1-5H3. The Bertz CT molecular complexity index is 1120. The summed E-state index contributed by atoms with van der Waals surface area (Å²) in [4.78, 5) is 24.6.